The quantitative estimate of drug-likeness (QED) is 0.0556. The zero-order valence-corrected chi connectivity index (χ0v) is 56.3. The lowest BCUT2D eigenvalue weighted by atomic mass is 9.63. The van der Waals surface area contributed by atoms with Gasteiger partial charge in [0.15, 0.2) is 30.7 Å². The van der Waals surface area contributed by atoms with Crippen molar-refractivity contribution in [1.82, 2.24) is 0 Å². The summed E-state index contributed by atoms with van der Waals surface area (Å²) in [6.45, 7) is 21.2. The van der Waals surface area contributed by atoms with Crippen LogP contribution in [0.5, 0.6) is 0 Å². The molecular formula is C69H96F3NO23. The van der Waals surface area contributed by atoms with Crippen LogP contribution in [0, 0.1) is 103 Å². The standard InChI is InChI=1S/C17H21F3O6.C17H21NO6.C17H24O6.C17H26O5.CH4/c1-4-15(2,3)13(22)24-7-10(21)25-11-8-5-9-12(11)26-14(23)16(9,6-8)17(18,19)20;1-4-16(2,3)14(20)22-7-11(19)23-12-9-5-10-13(12)24-15(21)17(10,6-9)8-18;1-4-17(2,3)16(20)21-8-12(18)22-13-9-5-6-10-11(7-9)15(19)23-14(10)13;1-4-17(2,3)16(19)21-7-5-6-20-13-10-8-11-12(9-10)15(18)22-14(11)13;/h8-9,11-12H,4-7H2,1-3H3;9-10,12-13H,4-7H2,1-3H3;9-11,13-14H,4-8H2,1-3H3;10-14H,4-9H2,1-3H3;1H4. The van der Waals surface area contributed by atoms with Gasteiger partial charge in [0, 0.05) is 47.8 Å². The molecule has 0 radical (unpaired) electrons. The first-order chi connectivity index (χ1) is 44.5. The first-order valence-corrected chi connectivity index (χ1v) is 33.7. The maximum atomic E-state index is 13.4. The monoisotopic (exact) mass is 1360 g/mol. The third-order valence-electron chi connectivity index (χ3n) is 23.3. The number of halogens is 3. The summed E-state index contributed by atoms with van der Waals surface area (Å²) in [4.78, 5) is 131. The van der Waals surface area contributed by atoms with Crippen LogP contribution in [0.3, 0.4) is 0 Å². The number of carbonyl (C=O) groups is 11. The summed E-state index contributed by atoms with van der Waals surface area (Å²) in [5.41, 5.74) is -5.96. The number of hydrogen-bond acceptors (Lipinski definition) is 24. The summed E-state index contributed by atoms with van der Waals surface area (Å²) in [7, 11) is 0. The van der Waals surface area contributed by atoms with Crippen molar-refractivity contribution < 1.29 is 123 Å². The van der Waals surface area contributed by atoms with E-state index < -0.39 is 142 Å². The summed E-state index contributed by atoms with van der Waals surface area (Å²) < 4.78 is 104. The zero-order valence-electron chi connectivity index (χ0n) is 56.3. The van der Waals surface area contributed by atoms with Gasteiger partial charge in [0.05, 0.1) is 58.9 Å². The number of esters is 11. The molecule has 13 rings (SSSR count). The Kier molecular flexibility index (Phi) is 22.2. The molecule has 24 nitrogen and oxygen atoms in total. The Morgan fingerprint density at radius 1 is 0.490 bits per heavy atom. The van der Waals surface area contributed by atoms with E-state index in [9.17, 15) is 71.2 Å². The second-order valence-corrected chi connectivity index (χ2v) is 30.4. The van der Waals surface area contributed by atoms with Gasteiger partial charge in [0.2, 0.25) is 0 Å². The van der Waals surface area contributed by atoms with Crippen molar-refractivity contribution in [2.24, 2.45) is 91.7 Å². The van der Waals surface area contributed by atoms with Crippen molar-refractivity contribution in [1.29, 1.82) is 5.26 Å². The number of nitriles is 1. The lowest BCUT2D eigenvalue weighted by Gasteiger charge is -2.43. The molecule has 20 unspecified atom stereocenters. The lowest BCUT2D eigenvalue weighted by molar-refractivity contribution is -0.231. The van der Waals surface area contributed by atoms with E-state index in [0.29, 0.717) is 63.6 Å². The second-order valence-electron chi connectivity index (χ2n) is 30.4. The highest BCUT2D eigenvalue weighted by Gasteiger charge is 2.81. The highest BCUT2D eigenvalue weighted by molar-refractivity contribution is 5.86. The molecule has 4 saturated heterocycles. The SMILES string of the molecule is C.CCC(C)(C)C(=O)OCC(=O)OC1C2CC3C1OC(=O)C3(C#N)C2.CCC(C)(C)C(=O)OCC(=O)OC1C2CC3C1OC(=O)C3(C(F)(F)F)C2.CCC(C)(C)C(=O)OCC(=O)OC1C2CCC3C(C2)C(=O)OC31.CCC(C)(C)C(=O)OCCCOC1C2CC3C(=O)OC1C3C2. The minimum atomic E-state index is -4.69. The highest BCUT2D eigenvalue weighted by Crippen LogP contribution is 2.68. The van der Waals surface area contributed by atoms with Crippen molar-refractivity contribution in [3.8, 4) is 6.07 Å². The Labute approximate surface area is 558 Å². The van der Waals surface area contributed by atoms with Gasteiger partial charge in [-0.3, -0.25) is 38.4 Å². The Balaban J connectivity index is 0.000000163. The van der Waals surface area contributed by atoms with E-state index in [1.165, 1.54) is 0 Å². The number of ether oxygens (including phenoxy) is 12. The number of fused-ring (bicyclic) bond motifs is 4. The van der Waals surface area contributed by atoms with E-state index in [2.05, 4.69) is 6.07 Å². The molecule has 4 heterocycles. The summed E-state index contributed by atoms with van der Waals surface area (Å²) in [6.07, 6.45) is 0.0471. The average molecular weight is 1360 g/mol. The molecule has 536 valence electrons. The Hall–Kier alpha value is -6.59. The predicted octanol–water partition coefficient (Wildman–Crippen LogP) is 8.55. The maximum absolute atomic E-state index is 13.4. The molecule has 0 amide bonds. The predicted molar refractivity (Wildman–Crippen MR) is 323 cm³/mol. The fourth-order valence-corrected chi connectivity index (χ4v) is 15.9. The molecule has 9 aliphatic carbocycles. The summed E-state index contributed by atoms with van der Waals surface area (Å²) in [5, 5.41) is 9.33. The number of alkyl halides is 3. The topological polar surface area (TPSA) is 322 Å². The van der Waals surface area contributed by atoms with Gasteiger partial charge in [-0.05, 0) is 145 Å². The van der Waals surface area contributed by atoms with Crippen molar-refractivity contribution in [3.63, 3.8) is 0 Å². The largest absolute Gasteiger partial charge is 0.465 e. The lowest BCUT2D eigenvalue weighted by Crippen LogP contribution is -2.50. The van der Waals surface area contributed by atoms with E-state index >= 15 is 0 Å². The van der Waals surface area contributed by atoms with Crippen LogP contribution in [0.4, 0.5) is 13.2 Å². The molecule has 13 fully saturated rings. The summed E-state index contributed by atoms with van der Waals surface area (Å²) >= 11 is 0. The third kappa shape index (κ3) is 14.1. The zero-order chi connectivity index (χ0) is 69.9. The van der Waals surface area contributed by atoms with Gasteiger partial charge in [-0.15, -0.1) is 0 Å². The van der Waals surface area contributed by atoms with Gasteiger partial charge in [-0.2, -0.15) is 18.4 Å². The highest BCUT2D eigenvalue weighted by atomic mass is 19.4. The van der Waals surface area contributed by atoms with Crippen LogP contribution < -0.4 is 0 Å². The minimum Gasteiger partial charge on any atom is -0.465 e. The molecule has 20 atom stereocenters. The Morgan fingerprint density at radius 2 is 0.906 bits per heavy atom. The maximum Gasteiger partial charge on any atom is 0.405 e. The summed E-state index contributed by atoms with van der Waals surface area (Å²) in [5.74, 6) is -6.20. The molecule has 9 saturated carbocycles. The molecule has 0 aromatic heterocycles. The smallest absolute Gasteiger partial charge is 0.405 e. The van der Waals surface area contributed by atoms with Crippen molar-refractivity contribution in [2.45, 2.75) is 235 Å². The van der Waals surface area contributed by atoms with Gasteiger partial charge < -0.3 is 56.8 Å². The van der Waals surface area contributed by atoms with E-state index in [1.54, 1.807) is 48.5 Å². The van der Waals surface area contributed by atoms with E-state index in [4.69, 9.17) is 56.8 Å². The summed E-state index contributed by atoms with van der Waals surface area (Å²) in [6, 6.07) is 2.10. The molecule has 0 aromatic rings. The molecule has 4 aliphatic heterocycles. The van der Waals surface area contributed by atoms with E-state index in [0.717, 1.165) is 38.5 Å². The number of carbonyl (C=O) groups excluding carboxylic acids is 11. The van der Waals surface area contributed by atoms with Crippen molar-refractivity contribution >= 4 is 65.7 Å². The van der Waals surface area contributed by atoms with Crippen LogP contribution in [-0.2, 0) is 110 Å². The first-order valence-electron chi connectivity index (χ1n) is 33.7. The molecular weight excluding hydrogens is 1270 g/mol. The Bertz CT molecular complexity index is 3060. The molecule has 0 spiro atoms. The fraction of sp³-hybridized carbons (Fsp3) is 0.826. The number of hydrogen-bond donors (Lipinski definition) is 0. The molecule has 10 bridgehead atoms. The Morgan fingerprint density at radius 3 is 1.39 bits per heavy atom. The van der Waals surface area contributed by atoms with Crippen LogP contribution in [-0.4, -0.2) is 154 Å². The molecule has 0 N–H and O–H groups in total. The van der Waals surface area contributed by atoms with Gasteiger partial charge in [-0.25, -0.2) is 14.4 Å². The van der Waals surface area contributed by atoms with Crippen LogP contribution >= 0.6 is 0 Å². The molecule has 0 aromatic carbocycles. The third-order valence-corrected chi connectivity index (χ3v) is 23.3. The van der Waals surface area contributed by atoms with Gasteiger partial charge in [0.25, 0.3) is 0 Å². The van der Waals surface area contributed by atoms with Gasteiger partial charge in [0.1, 0.15) is 42.7 Å². The van der Waals surface area contributed by atoms with Crippen LogP contribution in [0.2, 0.25) is 0 Å². The number of rotatable bonds is 22. The van der Waals surface area contributed by atoms with Crippen molar-refractivity contribution in [3.05, 3.63) is 0 Å². The fourth-order valence-electron chi connectivity index (χ4n) is 15.9. The van der Waals surface area contributed by atoms with Crippen LogP contribution in [0.25, 0.3) is 0 Å². The van der Waals surface area contributed by atoms with Gasteiger partial charge >= 0.3 is 71.8 Å². The average Bonchev–Trinajstić information content (AvgIpc) is 1.53. The molecule has 13 aliphatic rings. The normalized spacial score (nSPS) is 35.2. The van der Waals surface area contributed by atoms with Gasteiger partial charge in [-0.1, -0.05) is 35.1 Å². The van der Waals surface area contributed by atoms with Crippen LogP contribution in [0.1, 0.15) is 180 Å². The van der Waals surface area contributed by atoms with Crippen LogP contribution in [0.15, 0.2) is 0 Å². The van der Waals surface area contributed by atoms with Crippen molar-refractivity contribution in [2.75, 3.05) is 33.0 Å². The molecule has 27 heteroatoms. The van der Waals surface area contributed by atoms with E-state index in [-0.39, 0.29) is 98.3 Å². The first kappa shape index (κ1) is 75.2. The second kappa shape index (κ2) is 28.3. The number of nitrogens with zero attached hydrogens (tertiary/aromatic N) is 1. The minimum absolute atomic E-state index is 0. The van der Waals surface area contributed by atoms with E-state index in [1.807, 2.05) is 34.6 Å². The molecule has 96 heavy (non-hydrogen) atoms.